The second kappa shape index (κ2) is 5.53. The maximum absolute atomic E-state index is 6.37. The molecule has 0 spiro atoms. The number of halogens is 3. The van der Waals surface area contributed by atoms with Crippen LogP contribution in [0.4, 0.5) is 0 Å². The molecule has 1 aromatic heterocycles. The topological polar surface area (TPSA) is 17.8 Å². The van der Waals surface area contributed by atoms with Crippen LogP contribution < -0.4 is 0 Å². The van der Waals surface area contributed by atoms with Crippen molar-refractivity contribution in [1.29, 1.82) is 0 Å². The predicted octanol–water partition coefficient (Wildman–Crippen LogP) is 5.94. The van der Waals surface area contributed by atoms with E-state index >= 15 is 0 Å². The van der Waals surface area contributed by atoms with Crippen molar-refractivity contribution in [3.05, 3.63) is 57.8 Å². The minimum Gasteiger partial charge on any atom is -0.293 e. The third-order valence-corrected chi connectivity index (χ3v) is 4.14. The molecule has 0 aliphatic heterocycles. The van der Waals surface area contributed by atoms with Gasteiger partial charge in [0.1, 0.15) is 5.82 Å². The van der Waals surface area contributed by atoms with Crippen molar-refractivity contribution in [3.8, 4) is 5.69 Å². The summed E-state index contributed by atoms with van der Waals surface area (Å²) in [6, 6.07) is 11.4. The highest BCUT2D eigenvalue weighted by molar-refractivity contribution is 6.35. The maximum atomic E-state index is 6.37. The number of imidazole rings is 1. The summed E-state index contributed by atoms with van der Waals surface area (Å²) in [4.78, 5) is 4.65. The van der Waals surface area contributed by atoms with Crippen LogP contribution in [0.5, 0.6) is 0 Å². The summed E-state index contributed by atoms with van der Waals surface area (Å²) in [7, 11) is 0. The normalized spacial score (nSPS) is 12.8. The molecule has 2 nitrogen and oxygen atoms in total. The Morgan fingerprint density at radius 1 is 1.14 bits per heavy atom. The molecule has 0 aliphatic carbocycles. The zero-order chi connectivity index (χ0) is 15.1. The molecule has 0 N–H and O–H groups in total. The van der Waals surface area contributed by atoms with Crippen LogP contribution in [0.2, 0.25) is 10.0 Å². The van der Waals surface area contributed by atoms with Crippen LogP contribution in [-0.2, 0) is 0 Å². The molecule has 0 bridgehead atoms. The Labute approximate surface area is 138 Å². The van der Waals surface area contributed by atoms with Crippen molar-refractivity contribution in [2.75, 3.05) is 0 Å². The molecule has 0 aliphatic rings. The summed E-state index contributed by atoms with van der Waals surface area (Å²) >= 11 is 18.7. The van der Waals surface area contributed by atoms with E-state index in [1.807, 2.05) is 48.7 Å². The molecule has 0 saturated carbocycles. The highest BCUT2D eigenvalue weighted by Crippen LogP contribution is 2.33. The molecule has 1 atom stereocenters. The van der Waals surface area contributed by atoms with Gasteiger partial charge in [0.2, 0.25) is 0 Å². The monoisotopic (exact) mass is 338 g/mol. The lowest BCUT2D eigenvalue weighted by Gasteiger charge is -2.13. The largest absolute Gasteiger partial charge is 0.293 e. The Morgan fingerprint density at radius 2 is 1.90 bits per heavy atom. The number of aryl methyl sites for hydroxylation is 1. The molecule has 108 valence electrons. The van der Waals surface area contributed by atoms with Gasteiger partial charge in [-0.25, -0.2) is 4.98 Å². The van der Waals surface area contributed by atoms with E-state index in [0.717, 1.165) is 28.1 Å². The Kier molecular flexibility index (Phi) is 3.87. The Morgan fingerprint density at radius 3 is 2.57 bits per heavy atom. The van der Waals surface area contributed by atoms with E-state index < -0.39 is 0 Å². The number of hydrogen-bond acceptors (Lipinski definition) is 1. The number of fused-ring (bicyclic) bond motifs is 1. The van der Waals surface area contributed by atoms with Crippen molar-refractivity contribution in [3.63, 3.8) is 0 Å². The first kappa shape index (κ1) is 14.7. The van der Waals surface area contributed by atoms with Gasteiger partial charge in [0, 0.05) is 5.02 Å². The molecule has 0 saturated heterocycles. The number of rotatable bonds is 2. The van der Waals surface area contributed by atoms with Gasteiger partial charge in [0.05, 0.1) is 27.1 Å². The summed E-state index contributed by atoms with van der Waals surface area (Å²) in [5.74, 6) is 0.769. The molecule has 2 aromatic carbocycles. The van der Waals surface area contributed by atoms with E-state index in [0.29, 0.717) is 10.0 Å². The van der Waals surface area contributed by atoms with Gasteiger partial charge in [-0.2, -0.15) is 0 Å². The fourth-order valence-corrected chi connectivity index (χ4v) is 3.13. The molecule has 21 heavy (non-hydrogen) atoms. The number of alkyl halides is 1. The highest BCUT2D eigenvalue weighted by atomic mass is 35.5. The van der Waals surface area contributed by atoms with E-state index in [1.54, 1.807) is 6.07 Å². The van der Waals surface area contributed by atoms with Crippen molar-refractivity contribution in [2.45, 2.75) is 19.2 Å². The summed E-state index contributed by atoms with van der Waals surface area (Å²) in [6.07, 6.45) is 0. The second-order valence-electron chi connectivity index (χ2n) is 4.96. The summed E-state index contributed by atoms with van der Waals surface area (Å²) in [6.45, 7) is 3.95. The van der Waals surface area contributed by atoms with E-state index in [4.69, 9.17) is 34.8 Å². The average Bonchev–Trinajstić information content (AvgIpc) is 2.80. The third-order valence-electron chi connectivity index (χ3n) is 3.41. The first-order valence-electron chi connectivity index (χ1n) is 6.56. The lowest BCUT2D eigenvalue weighted by molar-refractivity contribution is 0.881. The number of nitrogens with zero attached hydrogens (tertiary/aromatic N) is 2. The number of aromatic nitrogens is 2. The minimum absolute atomic E-state index is 0.233. The molecule has 0 amide bonds. The molecular weight excluding hydrogens is 327 g/mol. The Hall–Kier alpha value is -1.22. The van der Waals surface area contributed by atoms with E-state index in [2.05, 4.69) is 4.98 Å². The SMILES string of the molecule is Cc1cccc2nc(C(C)Cl)n(-c3ccc(Cl)cc3Cl)c12. The van der Waals surface area contributed by atoms with Gasteiger partial charge in [-0.05, 0) is 43.7 Å². The molecule has 3 aromatic rings. The van der Waals surface area contributed by atoms with Gasteiger partial charge in [-0.15, -0.1) is 11.6 Å². The molecule has 1 unspecified atom stereocenters. The lowest BCUT2D eigenvalue weighted by Crippen LogP contribution is -2.03. The molecular formula is C16H13Cl3N2. The van der Waals surface area contributed by atoms with E-state index in [-0.39, 0.29) is 5.38 Å². The van der Waals surface area contributed by atoms with Crippen molar-refractivity contribution < 1.29 is 0 Å². The predicted molar refractivity (Wildman–Crippen MR) is 90.1 cm³/mol. The van der Waals surface area contributed by atoms with Crippen LogP contribution in [0.1, 0.15) is 23.7 Å². The van der Waals surface area contributed by atoms with E-state index in [1.165, 1.54) is 0 Å². The third kappa shape index (κ3) is 2.52. The standard InChI is InChI=1S/C16H13Cl3N2/c1-9-4-3-5-13-15(9)21(16(20-13)10(2)17)14-7-6-11(18)8-12(14)19/h3-8,10H,1-2H3. The van der Waals surface area contributed by atoms with Gasteiger partial charge < -0.3 is 0 Å². The lowest BCUT2D eigenvalue weighted by atomic mass is 10.2. The summed E-state index contributed by atoms with van der Waals surface area (Å²) < 4.78 is 2.01. The van der Waals surface area contributed by atoms with Crippen LogP contribution in [0, 0.1) is 6.92 Å². The van der Waals surface area contributed by atoms with Gasteiger partial charge in [0.25, 0.3) is 0 Å². The molecule has 5 heteroatoms. The zero-order valence-corrected chi connectivity index (χ0v) is 13.8. The fraction of sp³-hybridized carbons (Fsp3) is 0.188. The average molecular weight is 340 g/mol. The molecule has 0 radical (unpaired) electrons. The highest BCUT2D eigenvalue weighted by Gasteiger charge is 2.19. The number of benzene rings is 2. The van der Waals surface area contributed by atoms with Crippen LogP contribution in [0.15, 0.2) is 36.4 Å². The summed E-state index contributed by atoms with van der Waals surface area (Å²) in [5.41, 5.74) is 3.88. The van der Waals surface area contributed by atoms with Crippen molar-refractivity contribution in [2.24, 2.45) is 0 Å². The first-order valence-corrected chi connectivity index (χ1v) is 7.75. The number of para-hydroxylation sites is 1. The molecule has 1 heterocycles. The zero-order valence-electron chi connectivity index (χ0n) is 11.6. The fourth-order valence-electron chi connectivity index (χ4n) is 2.49. The van der Waals surface area contributed by atoms with Crippen molar-refractivity contribution >= 4 is 45.8 Å². The Balaban J connectivity index is 2.41. The van der Waals surface area contributed by atoms with Crippen LogP contribution in [0.25, 0.3) is 16.7 Å². The van der Waals surface area contributed by atoms with Crippen LogP contribution in [0.3, 0.4) is 0 Å². The Bertz CT molecular complexity index is 822. The number of hydrogen-bond donors (Lipinski definition) is 0. The molecule has 0 fully saturated rings. The minimum atomic E-state index is -0.233. The van der Waals surface area contributed by atoms with Gasteiger partial charge in [0.15, 0.2) is 0 Å². The summed E-state index contributed by atoms with van der Waals surface area (Å²) in [5, 5.41) is 0.942. The van der Waals surface area contributed by atoms with Crippen LogP contribution >= 0.6 is 34.8 Å². The van der Waals surface area contributed by atoms with Gasteiger partial charge in [-0.1, -0.05) is 35.3 Å². The van der Waals surface area contributed by atoms with Crippen LogP contribution in [-0.4, -0.2) is 9.55 Å². The van der Waals surface area contributed by atoms with Crippen molar-refractivity contribution in [1.82, 2.24) is 9.55 Å². The second-order valence-corrected chi connectivity index (χ2v) is 6.46. The maximum Gasteiger partial charge on any atom is 0.132 e. The quantitative estimate of drug-likeness (QED) is 0.528. The van der Waals surface area contributed by atoms with E-state index in [9.17, 15) is 0 Å². The van der Waals surface area contributed by atoms with Gasteiger partial charge >= 0.3 is 0 Å². The first-order chi connectivity index (χ1) is 9.99. The smallest absolute Gasteiger partial charge is 0.132 e. The molecule has 3 rings (SSSR count). The van der Waals surface area contributed by atoms with Gasteiger partial charge in [-0.3, -0.25) is 4.57 Å².